The molecule has 118 heavy (non-hydrogen) atoms. The zero-order valence-corrected chi connectivity index (χ0v) is 65.5. The Labute approximate surface area is 682 Å². The number of aromatic nitrogens is 8. The summed E-state index contributed by atoms with van der Waals surface area (Å²) in [5.74, 6) is 2.19. The van der Waals surface area contributed by atoms with E-state index in [1.807, 2.05) is 36.4 Å². The Bertz CT molecular complexity index is 7270. The van der Waals surface area contributed by atoms with Crippen molar-refractivity contribution in [3.8, 4) is 113 Å². The standard InChI is InChI=1S/2C55H38N4/c1-55(2)46-22-12-9-19-40(46)41-28-27-39(33-47(41)55)58-50-23-13-10-20-42(50)44-31-37(25-29-52(44)58)38-26-30-53-45(32-38)43-21-11-14-24-51(43)59(53)54-56-48(35-15-5-3-6-16-35)34-49(57-54)36-17-7-4-8-18-36;1-55(2)46-22-12-9-19-40(46)41-28-27-39(33-47(41)55)58-49-23-13-10-20-42(49)44-31-37(25-29-51(44)58)38-26-30-52-45(32-38)43-21-11-14-24-50(43)59(52)53-34-48(35-15-5-3-6-16-35)56-54(57-53)36-17-7-4-8-18-36/h2*3-34H,1-2H3. The molecule has 2 aliphatic carbocycles. The third-order valence-corrected chi connectivity index (χ3v) is 25.1. The predicted molar refractivity (Wildman–Crippen MR) is 489 cm³/mol. The van der Waals surface area contributed by atoms with Crippen molar-refractivity contribution >= 4 is 87.2 Å². The summed E-state index contributed by atoms with van der Waals surface area (Å²) < 4.78 is 9.40. The molecule has 6 aromatic heterocycles. The lowest BCUT2D eigenvalue weighted by Gasteiger charge is -2.22. The van der Waals surface area contributed by atoms with Gasteiger partial charge in [-0.3, -0.25) is 9.13 Å². The van der Waals surface area contributed by atoms with Crippen LogP contribution in [0.5, 0.6) is 0 Å². The Kier molecular flexibility index (Phi) is 15.5. The van der Waals surface area contributed by atoms with Crippen molar-refractivity contribution in [3.63, 3.8) is 0 Å². The van der Waals surface area contributed by atoms with Crippen LogP contribution in [0.2, 0.25) is 0 Å². The topological polar surface area (TPSA) is 71.3 Å². The van der Waals surface area contributed by atoms with Crippen LogP contribution in [0.4, 0.5) is 0 Å². The van der Waals surface area contributed by atoms with Gasteiger partial charge in [0.15, 0.2) is 5.82 Å². The first-order valence-electron chi connectivity index (χ1n) is 40.7. The summed E-state index contributed by atoms with van der Waals surface area (Å²) in [4.78, 5) is 20.8. The maximum Gasteiger partial charge on any atom is 0.235 e. The molecule has 556 valence electrons. The highest BCUT2D eigenvalue weighted by atomic mass is 15.2. The Hall–Kier alpha value is -15.1. The van der Waals surface area contributed by atoms with E-state index in [4.69, 9.17) is 19.9 Å². The van der Waals surface area contributed by atoms with E-state index < -0.39 is 0 Å². The van der Waals surface area contributed by atoms with Crippen molar-refractivity contribution in [3.05, 3.63) is 411 Å². The second-order valence-corrected chi connectivity index (χ2v) is 32.5. The molecule has 6 heterocycles. The molecule has 0 amide bonds. The largest absolute Gasteiger partial charge is 0.309 e. The van der Waals surface area contributed by atoms with E-state index in [9.17, 15) is 0 Å². The minimum absolute atomic E-state index is 0.0720. The van der Waals surface area contributed by atoms with E-state index in [1.165, 1.54) is 138 Å². The van der Waals surface area contributed by atoms with Crippen LogP contribution in [0.3, 0.4) is 0 Å². The van der Waals surface area contributed by atoms with Gasteiger partial charge in [-0.1, -0.05) is 307 Å². The molecule has 8 nitrogen and oxygen atoms in total. The highest BCUT2D eigenvalue weighted by molar-refractivity contribution is 6.15. The third-order valence-electron chi connectivity index (χ3n) is 25.1. The average molecular weight is 1510 g/mol. The molecule has 22 aromatic rings. The van der Waals surface area contributed by atoms with Crippen LogP contribution >= 0.6 is 0 Å². The molecule has 0 bridgehead atoms. The van der Waals surface area contributed by atoms with Gasteiger partial charge in [-0.2, -0.15) is 0 Å². The molecule has 0 unspecified atom stereocenters. The number of para-hydroxylation sites is 4. The smallest absolute Gasteiger partial charge is 0.235 e. The van der Waals surface area contributed by atoms with E-state index >= 15 is 0 Å². The van der Waals surface area contributed by atoms with E-state index in [0.717, 1.165) is 72.6 Å². The molecule has 0 atom stereocenters. The van der Waals surface area contributed by atoms with Crippen LogP contribution in [0.25, 0.3) is 200 Å². The second-order valence-electron chi connectivity index (χ2n) is 32.5. The lowest BCUT2D eigenvalue weighted by molar-refractivity contribution is 0.660. The van der Waals surface area contributed by atoms with Crippen molar-refractivity contribution in [1.29, 1.82) is 0 Å². The van der Waals surface area contributed by atoms with E-state index in [1.54, 1.807) is 0 Å². The molecule has 0 fully saturated rings. The minimum atomic E-state index is -0.0728. The number of benzene rings is 16. The van der Waals surface area contributed by atoms with Crippen LogP contribution in [0.1, 0.15) is 49.9 Å². The highest BCUT2D eigenvalue weighted by Crippen LogP contribution is 2.52. The lowest BCUT2D eigenvalue weighted by Crippen LogP contribution is -2.15. The van der Waals surface area contributed by atoms with Crippen molar-refractivity contribution < 1.29 is 0 Å². The van der Waals surface area contributed by atoms with Gasteiger partial charge in [0.25, 0.3) is 0 Å². The molecule has 16 aromatic carbocycles. The zero-order valence-electron chi connectivity index (χ0n) is 65.5. The molecular formula is C110H76N8. The molecule has 2 aliphatic rings. The fraction of sp³-hybridized carbons (Fsp3) is 0.0545. The number of hydrogen-bond donors (Lipinski definition) is 0. The van der Waals surface area contributed by atoms with Crippen LogP contribution in [-0.4, -0.2) is 38.2 Å². The maximum absolute atomic E-state index is 5.23. The number of hydrogen-bond acceptors (Lipinski definition) is 4. The molecule has 0 aliphatic heterocycles. The maximum atomic E-state index is 5.23. The van der Waals surface area contributed by atoms with E-state index in [-0.39, 0.29) is 10.8 Å². The Morgan fingerprint density at radius 3 is 0.907 bits per heavy atom. The molecule has 0 saturated carbocycles. The summed E-state index contributed by atoms with van der Waals surface area (Å²) in [7, 11) is 0. The number of fused-ring (bicyclic) bond motifs is 18. The van der Waals surface area contributed by atoms with Gasteiger partial charge in [0.1, 0.15) is 5.82 Å². The molecular weight excluding hydrogens is 1430 g/mol. The average Bonchev–Trinajstić information content (AvgIpc) is 1.57. The zero-order chi connectivity index (χ0) is 78.5. The van der Waals surface area contributed by atoms with Gasteiger partial charge in [0.05, 0.1) is 61.2 Å². The minimum Gasteiger partial charge on any atom is -0.309 e. The van der Waals surface area contributed by atoms with Gasteiger partial charge in [0.2, 0.25) is 5.95 Å². The Morgan fingerprint density at radius 2 is 0.500 bits per heavy atom. The van der Waals surface area contributed by atoms with Crippen LogP contribution in [0.15, 0.2) is 388 Å². The molecule has 0 N–H and O–H groups in total. The normalized spacial score (nSPS) is 13.1. The molecule has 0 spiro atoms. The second kappa shape index (κ2) is 26.7. The van der Waals surface area contributed by atoms with Crippen LogP contribution in [0, 0.1) is 0 Å². The van der Waals surface area contributed by atoms with E-state index in [2.05, 4.69) is 398 Å². The van der Waals surface area contributed by atoms with Gasteiger partial charge in [-0.05, 0) is 170 Å². The quantitative estimate of drug-likeness (QED) is 0.137. The molecule has 8 heteroatoms. The van der Waals surface area contributed by atoms with Gasteiger partial charge in [0, 0.05) is 93.6 Å². The highest BCUT2D eigenvalue weighted by Gasteiger charge is 2.37. The first-order valence-corrected chi connectivity index (χ1v) is 40.7. The summed E-state index contributed by atoms with van der Waals surface area (Å²) in [6.45, 7) is 9.41. The van der Waals surface area contributed by atoms with Crippen molar-refractivity contribution in [1.82, 2.24) is 38.2 Å². The Balaban J connectivity index is 0.000000138. The van der Waals surface area contributed by atoms with Gasteiger partial charge < -0.3 is 9.13 Å². The summed E-state index contributed by atoms with van der Waals surface area (Å²) in [5, 5.41) is 9.67. The predicted octanol–water partition coefficient (Wildman–Crippen LogP) is 28.0. The fourth-order valence-electron chi connectivity index (χ4n) is 19.4. The van der Waals surface area contributed by atoms with Gasteiger partial charge >= 0.3 is 0 Å². The summed E-state index contributed by atoms with van der Waals surface area (Å²) in [6.07, 6.45) is 0. The summed E-state index contributed by atoms with van der Waals surface area (Å²) >= 11 is 0. The van der Waals surface area contributed by atoms with Crippen LogP contribution < -0.4 is 0 Å². The summed E-state index contributed by atoms with van der Waals surface area (Å²) in [5.41, 5.74) is 33.8. The molecule has 24 rings (SSSR count). The van der Waals surface area contributed by atoms with Crippen molar-refractivity contribution in [2.75, 3.05) is 0 Å². The third kappa shape index (κ3) is 10.8. The fourth-order valence-corrected chi connectivity index (χ4v) is 19.4. The molecule has 0 radical (unpaired) electrons. The van der Waals surface area contributed by atoms with Crippen LogP contribution in [-0.2, 0) is 10.8 Å². The molecule has 0 saturated heterocycles. The van der Waals surface area contributed by atoms with Crippen molar-refractivity contribution in [2.45, 2.75) is 38.5 Å². The number of rotatable bonds is 10. The first kappa shape index (κ1) is 68.5. The summed E-state index contributed by atoms with van der Waals surface area (Å²) in [6, 6.07) is 140. The van der Waals surface area contributed by atoms with E-state index in [0.29, 0.717) is 11.8 Å². The first-order chi connectivity index (χ1) is 58.0. The monoisotopic (exact) mass is 1510 g/mol. The Morgan fingerprint density at radius 1 is 0.195 bits per heavy atom. The lowest BCUT2D eigenvalue weighted by atomic mass is 9.82. The van der Waals surface area contributed by atoms with Gasteiger partial charge in [-0.25, -0.2) is 19.9 Å². The van der Waals surface area contributed by atoms with Crippen molar-refractivity contribution in [2.24, 2.45) is 0 Å². The van der Waals surface area contributed by atoms with Gasteiger partial charge in [-0.15, -0.1) is 0 Å². The SMILES string of the molecule is CC1(C)c2ccccc2-c2ccc(-n3c4ccccc4c4cc(-c5ccc6c(c5)c5ccccc5n6-c5cc(-c6ccccc6)nc(-c6ccccc6)n5)ccc43)cc21.CC1(C)c2ccccc2-c2ccc(-n3c4ccccc4c4cc(-c5ccc6c(c5)c5ccccc5n6-c5nc(-c6ccccc6)cc(-c6ccccc6)n5)ccc43)cc21. The number of nitrogens with zero attached hydrogens (tertiary/aromatic N) is 8.